The first-order valence-corrected chi connectivity index (χ1v) is 32.2. The van der Waals surface area contributed by atoms with Crippen LogP contribution in [0.15, 0.2) is 181 Å². The van der Waals surface area contributed by atoms with Crippen LogP contribution in [0.25, 0.3) is 10.4 Å². The van der Waals surface area contributed by atoms with Gasteiger partial charge in [-0.05, 0) is 69.7 Å². The zero-order valence-electron chi connectivity index (χ0n) is 54.3. The zero-order chi connectivity index (χ0) is 64.5. The Morgan fingerprint density at radius 1 is 0.533 bits per heavy atom. The fraction of sp³-hybridized carbons (Fsp3) is 0.384. The van der Waals surface area contributed by atoms with E-state index in [4.69, 9.17) is 12.0 Å². The molecule has 2 heterocycles. The maximum Gasteiger partial charge on any atom is 0.193 e. The molecule has 0 amide bonds. The number of halogens is 2. The van der Waals surface area contributed by atoms with E-state index in [-0.39, 0.29) is 34.3 Å². The second-order valence-corrected chi connectivity index (χ2v) is 23.9. The van der Waals surface area contributed by atoms with Crippen LogP contribution in [0, 0.1) is 12.3 Å². The number of azide groups is 1. The van der Waals surface area contributed by atoms with Crippen LogP contribution in [0.1, 0.15) is 167 Å². The van der Waals surface area contributed by atoms with Crippen molar-refractivity contribution in [3.8, 4) is 12.3 Å². The van der Waals surface area contributed by atoms with E-state index < -0.39 is 0 Å². The fourth-order valence-corrected chi connectivity index (χ4v) is 9.63. The summed E-state index contributed by atoms with van der Waals surface area (Å²) in [5.41, 5.74) is 17.4. The Labute approximate surface area is 555 Å². The zero-order valence-corrected chi connectivity index (χ0v) is 57.5. The highest BCUT2D eigenvalue weighted by atomic mass is 79.9. The number of ketones is 3. The Balaban J connectivity index is 0.000000323. The van der Waals surface area contributed by atoms with Gasteiger partial charge in [-0.15, -0.1) is 16.6 Å². The molecule has 6 aromatic carbocycles. The molecule has 0 saturated heterocycles. The van der Waals surface area contributed by atoms with Gasteiger partial charge in [0.1, 0.15) is 12.2 Å². The quantitative estimate of drug-likeness (QED) is 0.00622. The van der Waals surface area contributed by atoms with Crippen LogP contribution >= 0.6 is 15.9 Å². The lowest BCUT2D eigenvalue weighted by atomic mass is 10.0. The predicted molar refractivity (Wildman–Crippen MR) is 366 cm³/mol. The first-order valence-electron chi connectivity index (χ1n) is 31.0. The van der Waals surface area contributed by atoms with Crippen molar-refractivity contribution in [3.05, 3.63) is 248 Å². The van der Waals surface area contributed by atoms with Crippen LogP contribution in [-0.2, 0) is 32.7 Å². The fourth-order valence-electron chi connectivity index (χ4n) is 9.24. The van der Waals surface area contributed by atoms with Crippen LogP contribution in [0.4, 0.5) is 0 Å². The Bertz CT molecular complexity index is 3320. The highest BCUT2D eigenvalue weighted by Crippen LogP contribution is 2.17. The molecular weight excluding hydrogens is 1250 g/mol. The number of terminal acetylenes is 1. The smallest absolute Gasteiger partial charge is 0.193 e. The van der Waals surface area contributed by atoms with Gasteiger partial charge in [0.25, 0.3) is 0 Å². The molecule has 0 aliphatic rings. The summed E-state index contributed by atoms with van der Waals surface area (Å²) in [6, 6.07) is 50.3. The largest absolute Gasteiger partial charge is 1.00 e. The molecule has 0 unspecified atom stereocenters. The molecule has 15 nitrogen and oxygen atoms in total. The molecule has 0 aliphatic carbocycles. The summed E-state index contributed by atoms with van der Waals surface area (Å²) in [5, 5.41) is 21.7. The number of rotatable bonds is 30. The highest BCUT2D eigenvalue weighted by molar-refractivity contribution is 9.09. The summed E-state index contributed by atoms with van der Waals surface area (Å²) in [6.45, 7) is 9.66. The van der Waals surface area contributed by atoms with Crippen molar-refractivity contribution >= 4 is 33.3 Å². The lowest BCUT2D eigenvalue weighted by Crippen LogP contribution is -3.00. The van der Waals surface area contributed by atoms with E-state index in [0.717, 1.165) is 58.7 Å². The van der Waals surface area contributed by atoms with Crippen LogP contribution in [-0.4, -0.2) is 122 Å². The molecule has 0 aliphatic heterocycles. The van der Waals surface area contributed by atoms with Gasteiger partial charge in [0.05, 0.1) is 64.9 Å². The molecular formula is C73H94Br2N12O3. The van der Waals surface area contributed by atoms with Crippen molar-refractivity contribution in [2.24, 2.45) is 5.11 Å². The van der Waals surface area contributed by atoms with Crippen LogP contribution in [0.3, 0.4) is 0 Å². The van der Waals surface area contributed by atoms with E-state index in [9.17, 15) is 14.4 Å². The van der Waals surface area contributed by atoms with Gasteiger partial charge < -0.3 is 26.4 Å². The molecule has 478 valence electrons. The van der Waals surface area contributed by atoms with Crippen molar-refractivity contribution in [3.63, 3.8) is 0 Å². The Morgan fingerprint density at radius 2 is 0.900 bits per heavy atom. The minimum atomic E-state index is -0.00839. The minimum absolute atomic E-state index is 0. The number of carbonyl (C=O) groups excluding carboxylic acids is 3. The van der Waals surface area contributed by atoms with Gasteiger partial charge in [-0.1, -0.05) is 273 Å². The van der Waals surface area contributed by atoms with Gasteiger partial charge in [-0.25, -0.2) is 9.36 Å². The van der Waals surface area contributed by atoms with Gasteiger partial charge in [0.15, 0.2) is 17.3 Å². The van der Waals surface area contributed by atoms with E-state index in [0.29, 0.717) is 53.0 Å². The molecule has 17 heteroatoms. The number of aromatic nitrogens is 6. The molecule has 2 aromatic heterocycles. The molecule has 0 saturated carbocycles. The molecule has 0 fully saturated rings. The van der Waals surface area contributed by atoms with Crippen molar-refractivity contribution < 1.29 is 35.8 Å². The second-order valence-electron chi connectivity index (χ2n) is 23.1. The first kappa shape index (κ1) is 76.6. The van der Waals surface area contributed by atoms with Gasteiger partial charge in [0.2, 0.25) is 0 Å². The van der Waals surface area contributed by atoms with Crippen molar-refractivity contribution in [1.82, 2.24) is 39.8 Å². The standard InChI is InChI=1S/C27H37N4O.C19H20N4O.C14H11N3O.C8H17Br.C5H9N.BrH/c1-4-5-6-7-8-12-19-31(2,3)22-26-21-30(29-28-26)20-23-15-17-25(18-16-23)27(32)24-13-10-9-11-14-24;1-22(2)13-18-14-23(21-20-18)12-15-8-10-17(11-9-15)19(24)16-6-4-3-5-7-16;15-17-16-10-11-6-8-13(9-7-11)14(18)12-4-2-1-3-5-12;1-2-3-4-5-6-7-8-9;1-4-5-6(2)3;/h9-11,13-18,21H,4-8,12,19-20,22H2,1-3H3;3-11,14H,12-13H2,1-2H3;1-9H,10H2;2-8H2,1H3;1H,5H2,2-3H3;1H/q+1;;;;;/p-1. The molecule has 8 aromatic rings. The monoisotopic (exact) mass is 1340 g/mol. The number of benzene rings is 6. The van der Waals surface area contributed by atoms with Gasteiger partial charge in [-0.3, -0.25) is 19.3 Å². The molecule has 90 heavy (non-hydrogen) atoms. The Kier molecular flexibility index (Phi) is 38.0. The highest BCUT2D eigenvalue weighted by Gasteiger charge is 2.18. The average Bonchev–Trinajstić information content (AvgIpc) is 1.67. The molecule has 0 radical (unpaired) electrons. The Morgan fingerprint density at radius 3 is 1.27 bits per heavy atom. The molecule has 0 spiro atoms. The van der Waals surface area contributed by atoms with Crippen molar-refractivity contribution in [1.29, 1.82) is 0 Å². The van der Waals surface area contributed by atoms with Crippen LogP contribution in [0.2, 0.25) is 0 Å². The molecule has 0 bridgehead atoms. The Hall–Kier alpha value is -7.68. The third kappa shape index (κ3) is 31.2. The normalized spacial score (nSPS) is 10.5. The van der Waals surface area contributed by atoms with Crippen molar-refractivity contribution in [2.75, 3.05) is 60.7 Å². The van der Waals surface area contributed by atoms with E-state index in [1.165, 1.54) is 82.4 Å². The summed E-state index contributed by atoms with van der Waals surface area (Å²) in [7, 11) is 12.4. The summed E-state index contributed by atoms with van der Waals surface area (Å²) in [6.07, 6.45) is 25.3. The van der Waals surface area contributed by atoms with E-state index in [2.05, 4.69) is 85.3 Å². The maximum atomic E-state index is 12.6. The lowest BCUT2D eigenvalue weighted by Gasteiger charge is -2.28. The molecule has 0 N–H and O–H groups in total. The lowest BCUT2D eigenvalue weighted by molar-refractivity contribution is -0.904. The van der Waals surface area contributed by atoms with Crippen molar-refractivity contribution in [2.45, 2.75) is 124 Å². The van der Waals surface area contributed by atoms with Gasteiger partial charge in [0, 0.05) is 50.2 Å². The number of quaternary nitrogens is 1. The number of hydrogen-bond donors (Lipinski definition) is 0. The van der Waals surface area contributed by atoms with Crippen LogP contribution in [0.5, 0.6) is 0 Å². The van der Waals surface area contributed by atoms with Gasteiger partial charge >= 0.3 is 0 Å². The topological polar surface area (TPSA) is 168 Å². The number of carbonyl (C=O) groups is 3. The average molecular weight is 1350 g/mol. The molecule has 8 rings (SSSR count). The number of alkyl halides is 1. The summed E-state index contributed by atoms with van der Waals surface area (Å²) in [5.74, 6) is 2.57. The van der Waals surface area contributed by atoms with Gasteiger partial charge in [-0.2, -0.15) is 0 Å². The molecule has 0 atom stereocenters. The third-order valence-electron chi connectivity index (χ3n) is 14.0. The summed E-state index contributed by atoms with van der Waals surface area (Å²) >= 11 is 3.42. The van der Waals surface area contributed by atoms with E-state index >= 15 is 0 Å². The summed E-state index contributed by atoms with van der Waals surface area (Å²) in [4.78, 5) is 43.7. The summed E-state index contributed by atoms with van der Waals surface area (Å²) < 4.78 is 4.63. The first-order chi connectivity index (χ1) is 43.1. The second kappa shape index (κ2) is 44.7. The van der Waals surface area contributed by atoms with E-state index in [1.54, 1.807) is 36.4 Å². The number of nitrogens with zero attached hydrogens (tertiary/aromatic N) is 12. The number of hydrogen-bond acceptors (Lipinski definition) is 10. The minimum Gasteiger partial charge on any atom is -1.00 e. The maximum absolute atomic E-state index is 12.6. The SMILES string of the molecule is C#CCN(C)C.CCCCCCCCBr.CCCCCCCC[N+](C)(C)Cc1cn(Cc2ccc(C(=O)c3ccccc3)cc2)nn1.CN(C)Cc1cn(Cc2ccc(C(=O)c3ccccc3)cc2)nn1.[Br-].[N-]=[N+]=NCc1ccc(C(=O)c2ccccc2)cc1. The number of unbranched alkanes of at least 4 members (excludes halogenated alkanes) is 10. The van der Waals surface area contributed by atoms with Crippen LogP contribution < -0.4 is 17.0 Å². The predicted octanol–water partition coefficient (Wildman–Crippen LogP) is 12.8. The third-order valence-corrected chi connectivity index (χ3v) is 14.6. The van der Waals surface area contributed by atoms with E-state index in [1.807, 2.05) is 182 Å².